The Morgan fingerprint density at radius 1 is 0.889 bits per heavy atom. The maximum absolute atomic E-state index is 12.4. The lowest BCUT2D eigenvalue weighted by Gasteiger charge is -2.22. The van der Waals surface area contributed by atoms with Crippen LogP contribution in [0, 0.1) is 0 Å². The van der Waals surface area contributed by atoms with Crippen molar-refractivity contribution in [3.63, 3.8) is 0 Å². The maximum atomic E-state index is 12.4. The normalized spacial score (nSPS) is 14.2. The van der Waals surface area contributed by atoms with Gasteiger partial charge in [-0.1, -0.05) is 51.9 Å². The first-order valence-corrected chi connectivity index (χ1v) is 9.78. The number of ketones is 2. The first-order chi connectivity index (χ1) is 13.0. The van der Waals surface area contributed by atoms with Crippen LogP contribution < -0.4 is 9.47 Å². The Morgan fingerprint density at radius 2 is 1.48 bits per heavy atom. The molecule has 1 aliphatic rings. The summed E-state index contributed by atoms with van der Waals surface area (Å²) >= 11 is 0. The van der Waals surface area contributed by atoms with Gasteiger partial charge in [0.05, 0.1) is 31.5 Å². The predicted molar refractivity (Wildman–Crippen MR) is 105 cm³/mol. The van der Waals surface area contributed by atoms with E-state index < -0.39 is 6.10 Å². The summed E-state index contributed by atoms with van der Waals surface area (Å²) in [5, 5.41) is 10.7. The molecule has 0 saturated carbocycles. The molecule has 1 aromatic carbocycles. The molecule has 1 aromatic rings. The second-order valence-corrected chi connectivity index (χ2v) is 6.94. The van der Waals surface area contributed by atoms with E-state index in [1.54, 1.807) is 6.07 Å². The van der Waals surface area contributed by atoms with E-state index in [0.717, 1.165) is 19.3 Å². The summed E-state index contributed by atoms with van der Waals surface area (Å²) in [5.41, 5.74) is 0.877. The molecule has 0 heterocycles. The van der Waals surface area contributed by atoms with E-state index in [1.165, 1.54) is 52.1 Å². The van der Waals surface area contributed by atoms with Gasteiger partial charge in [-0.3, -0.25) is 9.59 Å². The van der Waals surface area contributed by atoms with E-state index in [1.807, 2.05) is 0 Å². The Bertz CT molecular complexity index is 705. The Hall–Kier alpha value is -2.14. The van der Waals surface area contributed by atoms with Gasteiger partial charge < -0.3 is 14.6 Å². The number of ether oxygens (including phenoxy) is 2. The number of unbranched alkanes of at least 4 members (excludes halogenated alkanes) is 6. The summed E-state index contributed by atoms with van der Waals surface area (Å²) in [6.45, 7) is 2.20. The quantitative estimate of drug-likeness (QED) is 0.563. The lowest BCUT2D eigenvalue weighted by atomic mass is 9.88. The zero-order chi connectivity index (χ0) is 19.8. The number of carbonyl (C=O) groups is 2. The molecule has 0 saturated heterocycles. The molecule has 1 atom stereocenters. The molecule has 5 heteroatoms. The monoisotopic (exact) mass is 374 g/mol. The molecule has 1 N–H and O–H groups in total. The second-order valence-electron chi connectivity index (χ2n) is 6.94. The SMILES string of the molecule is CCCCCCCCCC(O)c1cc(OC)c2c(c1OC)C(=O)C=CC2=O. The highest BCUT2D eigenvalue weighted by Gasteiger charge is 2.31. The molecule has 2 rings (SSSR count). The number of aliphatic hydroxyl groups excluding tert-OH is 1. The summed E-state index contributed by atoms with van der Waals surface area (Å²) in [5.74, 6) is -0.0522. The number of hydrogen-bond donors (Lipinski definition) is 1. The number of allylic oxidation sites excluding steroid dienone is 2. The van der Waals surface area contributed by atoms with Gasteiger partial charge in [-0.25, -0.2) is 0 Å². The molecule has 0 fully saturated rings. The molecule has 148 valence electrons. The summed E-state index contributed by atoms with van der Waals surface area (Å²) in [7, 11) is 2.90. The summed E-state index contributed by atoms with van der Waals surface area (Å²) in [6.07, 6.45) is 10.4. The van der Waals surface area contributed by atoms with Crippen LogP contribution in [0.1, 0.15) is 90.7 Å². The molecule has 1 unspecified atom stereocenters. The fourth-order valence-corrected chi connectivity index (χ4v) is 3.54. The maximum Gasteiger partial charge on any atom is 0.190 e. The van der Waals surface area contributed by atoms with Crippen LogP contribution in [0.4, 0.5) is 0 Å². The van der Waals surface area contributed by atoms with Crippen LogP contribution in [0.5, 0.6) is 11.5 Å². The van der Waals surface area contributed by atoms with Crippen LogP contribution in [-0.4, -0.2) is 30.9 Å². The lowest BCUT2D eigenvalue weighted by Crippen LogP contribution is -2.17. The average molecular weight is 374 g/mol. The zero-order valence-corrected chi connectivity index (χ0v) is 16.5. The first kappa shape index (κ1) is 21.2. The second kappa shape index (κ2) is 10.3. The molecule has 0 aliphatic heterocycles. The minimum atomic E-state index is -0.774. The highest BCUT2D eigenvalue weighted by Crippen LogP contribution is 2.41. The first-order valence-electron chi connectivity index (χ1n) is 9.78. The minimum absolute atomic E-state index is 0.179. The third-order valence-electron chi connectivity index (χ3n) is 5.02. The van der Waals surface area contributed by atoms with Crippen molar-refractivity contribution >= 4 is 11.6 Å². The van der Waals surface area contributed by atoms with Crippen LogP contribution in [0.3, 0.4) is 0 Å². The van der Waals surface area contributed by atoms with Gasteiger partial charge in [0.15, 0.2) is 11.6 Å². The number of aliphatic hydroxyl groups is 1. The van der Waals surface area contributed by atoms with E-state index in [0.29, 0.717) is 17.7 Å². The van der Waals surface area contributed by atoms with Crippen molar-refractivity contribution in [1.29, 1.82) is 0 Å². The smallest absolute Gasteiger partial charge is 0.190 e. The van der Waals surface area contributed by atoms with Crippen LogP contribution in [0.15, 0.2) is 18.2 Å². The van der Waals surface area contributed by atoms with E-state index in [9.17, 15) is 14.7 Å². The van der Waals surface area contributed by atoms with Crippen LogP contribution in [0.25, 0.3) is 0 Å². The van der Waals surface area contributed by atoms with Crippen molar-refractivity contribution in [3.05, 3.63) is 34.9 Å². The van der Waals surface area contributed by atoms with E-state index >= 15 is 0 Å². The average Bonchev–Trinajstić information content (AvgIpc) is 2.68. The number of carbonyl (C=O) groups excluding carboxylic acids is 2. The highest BCUT2D eigenvalue weighted by atomic mass is 16.5. The van der Waals surface area contributed by atoms with E-state index in [2.05, 4.69) is 6.92 Å². The summed E-state index contributed by atoms with van der Waals surface area (Å²) in [4.78, 5) is 24.6. The van der Waals surface area contributed by atoms with Gasteiger partial charge in [-0.05, 0) is 24.6 Å². The van der Waals surface area contributed by atoms with Crippen molar-refractivity contribution in [1.82, 2.24) is 0 Å². The molecule has 5 nitrogen and oxygen atoms in total. The fraction of sp³-hybridized carbons (Fsp3) is 0.545. The van der Waals surface area contributed by atoms with Gasteiger partial charge in [0.1, 0.15) is 11.5 Å². The third kappa shape index (κ3) is 4.98. The molecule has 0 radical (unpaired) electrons. The topological polar surface area (TPSA) is 72.8 Å². The predicted octanol–water partition coefficient (Wildman–Crippen LogP) is 4.81. The van der Waals surface area contributed by atoms with Gasteiger partial charge in [-0.2, -0.15) is 0 Å². The fourth-order valence-electron chi connectivity index (χ4n) is 3.54. The zero-order valence-electron chi connectivity index (χ0n) is 16.5. The summed E-state index contributed by atoms with van der Waals surface area (Å²) in [6, 6.07) is 1.62. The summed E-state index contributed by atoms with van der Waals surface area (Å²) < 4.78 is 10.8. The van der Waals surface area contributed by atoms with Crippen molar-refractivity contribution < 1.29 is 24.2 Å². The number of benzene rings is 1. The van der Waals surface area contributed by atoms with Gasteiger partial charge in [0.25, 0.3) is 0 Å². The van der Waals surface area contributed by atoms with Crippen molar-refractivity contribution in [2.45, 2.75) is 64.4 Å². The van der Waals surface area contributed by atoms with Crippen molar-refractivity contribution in [2.75, 3.05) is 14.2 Å². The van der Waals surface area contributed by atoms with Crippen LogP contribution >= 0.6 is 0 Å². The molecular weight excluding hydrogens is 344 g/mol. The number of methoxy groups -OCH3 is 2. The van der Waals surface area contributed by atoms with Crippen LogP contribution in [-0.2, 0) is 0 Å². The highest BCUT2D eigenvalue weighted by molar-refractivity contribution is 6.24. The molecule has 0 spiro atoms. The number of hydrogen-bond acceptors (Lipinski definition) is 5. The van der Waals surface area contributed by atoms with Gasteiger partial charge in [0.2, 0.25) is 0 Å². The van der Waals surface area contributed by atoms with Crippen LogP contribution in [0.2, 0.25) is 0 Å². The molecule has 1 aliphatic carbocycles. The largest absolute Gasteiger partial charge is 0.496 e. The lowest BCUT2D eigenvalue weighted by molar-refractivity contribution is 0.0987. The van der Waals surface area contributed by atoms with Gasteiger partial charge in [-0.15, -0.1) is 0 Å². The van der Waals surface area contributed by atoms with Crippen molar-refractivity contribution in [2.24, 2.45) is 0 Å². The van der Waals surface area contributed by atoms with E-state index in [-0.39, 0.29) is 28.4 Å². The molecule has 0 aromatic heterocycles. The van der Waals surface area contributed by atoms with Gasteiger partial charge in [0, 0.05) is 5.56 Å². The Morgan fingerprint density at radius 3 is 2.07 bits per heavy atom. The standard InChI is InChI=1S/C22H30O5/c1-4-5-6-7-8-9-10-11-16(23)15-14-19(26-2)20-17(24)12-13-18(25)21(20)22(15)27-3/h12-14,16,23H,4-11H2,1-3H3. The van der Waals surface area contributed by atoms with Crippen molar-refractivity contribution in [3.8, 4) is 11.5 Å². The number of fused-ring (bicyclic) bond motifs is 1. The Balaban J connectivity index is 2.16. The third-order valence-corrected chi connectivity index (χ3v) is 5.02. The Kier molecular flexibility index (Phi) is 8.04. The Labute approximate surface area is 161 Å². The van der Waals surface area contributed by atoms with Gasteiger partial charge >= 0.3 is 0 Å². The molecule has 0 amide bonds. The molecular formula is C22H30O5. The van der Waals surface area contributed by atoms with E-state index in [4.69, 9.17) is 9.47 Å². The molecule has 27 heavy (non-hydrogen) atoms. The minimum Gasteiger partial charge on any atom is -0.496 e. The number of rotatable bonds is 11. The molecule has 0 bridgehead atoms.